The van der Waals surface area contributed by atoms with Gasteiger partial charge in [-0.05, 0) is 44.0 Å². The fourth-order valence-corrected chi connectivity index (χ4v) is 5.06. The van der Waals surface area contributed by atoms with Crippen molar-refractivity contribution in [3.8, 4) is 5.69 Å². The van der Waals surface area contributed by atoms with Crippen molar-refractivity contribution >= 4 is 22.7 Å². The average molecular weight is 432 g/mol. The van der Waals surface area contributed by atoms with Gasteiger partial charge in [-0.15, -0.1) is 5.10 Å². The quantitative estimate of drug-likeness (QED) is 0.428. The summed E-state index contributed by atoms with van der Waals surface area (Å²) in [5, 5.41) is 6.10. The number of fused-ring (bicyclic) bond motifs is 1. The second-order valence-electron chi connectivity index (χ2n) is 8.06. The Morgan fingerprint density at radius 2 is 1.74 bits per heavy atom. The Kier molecular flexibility index (Phi) is 5.59. The van der Waals surface area contributed by atoms with Gasteiger partial charge >= 0.3 is 0 Å². The molecule has 158 valence electrons. The van der Waals surface area contributed by atoms with Gasteiger partial charge in [-0.25, -0.2) is 14.6 Å². The van der Waals surface area contributed by atoms with Crippen LogP contribution in [0.2, 0.25) is 0 Å². The average Bonchev–Trinajstić information content (AvgIpc) is 3.24. The van der Waals surface area contributed by atoms with E-state index in [1.165, 1.54) is 31.0 Å². The summed E-state index contributed by atoms with van der Waals surface area (Å²) in [4.78, 5) is 25.0. The molecule has 1 aliphatic rings. The van der Waals surface area contributed by atoms with E-state index in [9.17, 15) is 4.79 Å². The highest BCUT2D eigenvalue weighted by molar-refractivity contribution is 7.99. The maximum atomic E-state index is 12.5. The molecular weight excluding hydrogens is 406 g/mol. The van der Waals surface area contributed by atoms with Crippen LogP contribution in [0.25, 0.3) is 16.6 Å². The molecule has 1 fully saturated rings. The molecule has 0 unspecified atom stereocenters. The zero-order valence-electron chi connectivity index (χ0n) is 17.5. The Morgan fingerprint density at radius 1 is 1.00 bits per heavy atom. The molecule has 2 aromatic carbocycles. The van der Waals surface area contributed by atoms with Crippen molar-refractivity contribution in [2.45, 2.75) is 55.4 Å². The molecule has 2 heterocycles. The third-order valence-electron chi connectivity index (χ3n) is 5.88. The van der Waals surface area contributed by atoms with Gasteiger partial charge in [0.25, 0.3) is 5.56 Å². The first-order chi connectivity index (χ1) is 15.2. The summed E-state index contributed by atoms with van der Waals surface area (Å²) in [5.74, 6) is 2.12. The fraction of sp³-hybridized carbons (Fsp3) is 0.333. The molecule has 1 atom stereocenters. The molecule has 1 saturated carbocycles. The van der Waals surface area contributed by atoms with Crippen molar-refractivity contribution in [3.63, 3.8) is 0 Å². The van der Waals surface area contributed by atoms with Gasteiger partial charge in [-0.1, -0.05) is 61.4 Å². The highest BCUT2D eigenvalue weighted by Gasteiger charge is 2.24. The molecule has 31 heavy (non-hydrogen) atoms. The van der Waals surface area contributed by atoms with E-state index in [1.807, 2.05) is 48.0 Å². The number of hydrogen-bond donors (Lipinski definition) is 1. The molecule has 0 saturated heterocycles. The van der Waals surface area contributed by atoms with Crippen LogP contribution in [0.1, 0.15) is 61.8 Å². The number of aromatic amines is 1. The molecule has 5 rings (SSSR count). The highest BCUT2D eigenvalue weighted by atomic mass is 32.2. The third-order valence-corrected chi connectivity index (χ3v) is 6.84. The van der Waals surface area contributed by atoms with Gasteiger partial charge in [0, 0.05) is 5.92 Å². The van der Waals surface area contributed by atoms with E-state index < -0.39 is 0 Å². The van der Waals surface area contributed by atoms with Crippen molar-refractivity contribution in [1.29, 1.82) is 0 Å². The van der Waals surface area contributed by atoms with E-state index in [0.717, 1.165) is 24.4 Å². The van der Waals surface area contributed by atoms with Crippen molar-refractivity contribution in [2.75, 3.05) is 0 Å². The predicted molar refractivity (Wildman–Crippen MR) is 124 cm³/mol. The fourth-order valence-electron chi connectivity index (χ4n) is 4.25. The van der Waals surface area contributed by atoms with Gasteiger partial charge in [0.1, 0.15) is 11.6 Å². The topological polar surface area (TPSA) is 76.5 Å². The van der Waals surface area contributed by atoms with Crippen molar-refractivity contribution in [1.82, 2.24) is 24.7 Å². The normalized spacial score (nSPS) is 15.9. The van der Waals surface area contributed by atoms with Crippen LogP contribution < -0.4 is 5.56 Å². The monoisotopic (exact) mass is 431 g/mol. The summed E-state index contributed by atoms with van der Waals surface area (Å²) in [6, 6.07) is 17.6. The summed E-state index contributed by atoms with van der Waals surface area (Å²) in [7, 11) is 0. The number of H-pyrrole nitrogens is 1. The van der Waals surface area contributed by atoms with E-state index in [1.54, 1.807) is 6.07 Å². The standard InChI is InChI=1S/C24H25N5OS/c1-16(21-25-20-15-9-8-14-19(20)23(30)26-21)31-24-27-22(17-10-4-2-5-11-17)29(28-24)18-12-6-3-7-13-18/h3,6-9,12-17H,2,4-5,10-11H2,1H3,(H,25,26,30)/t16-/m1/s1. The van der Waals surface area contributed by atoms with E-state index in [2.05, 4.69) is 22.1 Å². The van der Waals surface area contributed by atoms with Gasteiger partial charge in [-0.3, -0.25) is 4.79 Å². The zero-order chi connectivity index (χ0) is 21.2. The lowest BCUT2D eigenvalue weighted by Crippen LogP contribution is -2.12. The number of nitrogens with one attached hydrogen (secondary N) is 1. The number of para-hydroxylation sites is 2. The molecule has 1 aliphatic carbocycles. The zero-order valence-corrected chi connectivity index (χ0v) is 18.3. The van der Waals surface area contributed by atoms with Crippen LogP contribution in [0.4, 0.5) is 0 Å². The smallest absolute Gasteiger partial charge is 0.258 e. The van der Waals surface area contributed by atoms with E-state index in [4.69, 9.17) is 10.1 Å². The molecule has 2 aromatic heterocycles. The van der Waals surface area contributed by atoms with Crippen LogP contribution in [0, 0.1) is 0 Å². The van der Waals surface area contributed by atoms with Gasteiger partial charge in [0.05, 0.1) is 21.8 Å². The maximum Gasteiger partial charge on any atom is 0.258 e. The van der Waals surface area contributed by atoms with Crippen LogP contribution >= 0.6 is 11.8 Å². The molecule has 6 nitrogen and oxygen atoms in total. The van der Waals surface area contributed by atoms with E-state index in [0.29, 0.717) is 27.8 Å². The molecule has 0 radical (unpaired) electrons. The summed E-state index contributed by atoms with van der Waals surface area (Å²) >= 11 is 1.53. The van der Waals surface area contributed by atoms with Crippen molar-refractivity contribution in [2.24, 2.45) is 0 Å². The summed E-state index contributed by atoms with van der Waals surface area (Å²) in [6.45, 7) is 2.03. The minimum atomic E-state index is -0.112. The number of rotatable bonds is 5. The molecule has 0 spiro atoms. The molecular formula is C24H25N5OS. The van der Waals surface area contributed by atoms with Gasteiger partial charge in [0.15, 0.2) is 0 Å². The Labute approximate surface area is 185 Å². The maximum absolute atomic E-state index is 12.5. The first-order valence-corrected chi connectivity index (χ1v) is 11.7. The molecule has 1 N–H and O–H groups in total. The Bertz CT molecular complexity index is 1240. The van der Waals surface area contributed by atoms with E-state index in [-0.39, 0.29) is 10.8 Å². The lowest BCUT2D eigenvalue weighted by Gasteiger charge is -2.21. The largest absolute Gasteiger partial charge is 0.309 e. The van der Waals surface area contributed by atoms with Crippen LogP contribution in [-0.2, 0) is 0 Å². The lowest BCUT2D eigenvalue weighted by atomic mass is 9.88. The molecule has 7 heteroatoms. The minimum absolute atomic E-state index is 0.0804. The Morgan fingerprint density at radius 3 is 2.55 bits per heavy atom. The Balaban J connectivity index is 1.47. The first kappa shape index (κ1) is 20.0. The van der Waals surface area contributed by atoms with Gasteiger partial charge < -0.3 is 4.98 Å². The van der Waals surface area contributed by atoms with Gasteiger partial charge in [0.2, 0.25) is 5.16 Å². The molecule has 0 bridgehead atoms. The van der Waals surface area contributed by atoms with Crippen LogP contribution in [-0.4, -0.2) is 24.7 Å². The SMILES string of the molecule is C[C@@H](Sc1nc(C2CCCCC2)n(-c2ccccc2)n1)c1nc2ccccc2c(=O)[nH]1. The number of nitrogens with zero attached hydrogens (tertiary/aromatic N) is 4. The summed E-state index contributed by atoms with van der Waals surface area (Å²) < 4.78 is 2.00. The molecule has 4 aromatic rings. The Hall–Kier alpha value is -2.93. The van der Waals surface area contributed by atoms with Crippen molar-refractivity contribution in [3.05, 3.63) is 76.6 Å². The van der Waals surface area contributed by atoms with Crippen LogP contribution in [0.3, 0.4) is 0 Å². The summed E-state index contributed by atoms with van der Waals surface area (Å²) in [6.07, 6.45) is 6.10. The second kappa shape index (κ2) is 8.67. The predicted octanol–water partition coefficient (Wildman–Crippen LogP) is 5.40. The number of thioether (sulfide) groups is 1. The third kappa shape index (κ3) is 4.14. The van der Waals surface area contributed by atoms with Gasteiger partial charge in [-0.2, -0.15) is 0 Å². The van der Waals surface area contributed by atoms with Crippen LogP contribution in [0.15, 0.2) is 64.5 Å². The first-order valence-electron chi connectivity index (χ1n) is 10.9. The van der Waals surface area contributed by atoms with Crippen molar-refractivity contribution < 1.29 is 0 Å². The number of hydrogen-bond acceptors (Lipinski definition) is 5. The molecule has 0 amide bonds. The summed E-state index contributed by atoms with van der Waals surface area (Å²) in [5.41, 5.74) is 1.63. The minimum Gasteiger partial charge on any atom is -0.309 e. The lowest BCUT2D eigenvalue weighted by molar-refractivity contribution is 0.422. The number of benzene rings is 2. The second-order valence-corrected chi connectivity index (χ2v) is 9.37. The highest BCUT2D eigenvalue weighted by Crippen LogP contribution is 2.36. The number of aromatic nitrogens is 5. The van der Waals surface area contributed by atoms with E-state index >= 15 is 0 Å². The molecule has 0 aliphatic heterocycles. The van der Waals surface area contributed by atoms with Crippen LogP contribution in [0.5, 0.6) is 0 Å².